The first-order valence-corrected chi connectivity index (χ1v) is 6.68. The van der Waals surface area contributed by atoms with E-state index in [-0.39, 0.29) is 0 Å². The molecule has 1 aromatic carbocycles. The van der Waals surface area contributed by atoms with Crippen molar-refractivity contribution in [3.8, 4) is 0 Å². The minimum Gasteiger partial charge on any atom is -0.387 e. The molecule has 2 atom stereocenters. The second-order valence-corrected chi connectivity index (χ2v) is 5.17. The summed E-state index contributed by atoms with van der Waals surface area (Å²) in [5.41, 5.74) is 4.45. The number of aliphatic hydroxyl groups excluding tert-OH is 1. The topological polar surface area (TPSA) is 36.4 Å². The Morgan fingerprint density at radius 2 is 2.05 bits per heavy atom. The number of para-hydroxylation sites is 1. The Labute approximate surface area is 113 Å². The van der Waals surface area contributed by atoms with E-state index < -0.39 is 6.10 Å². The quantitative estimate of drug-likeness (QED) is 0.894. The van der Waals surface area contributed by atoms with Gasteiger partial charge in [-0.3, -0.25) is 4.98 Å². The lowest BCUT2D eigenvalue weighted by Crippen LogP contribution is -2.24. The summed E-state index contributed by atoms with van der Waals surface area (Å²) in [7, 11) is 0. The van der Waals surface area contributed by atoms with Crippen LogP contribution in [0.5, 0.6) is 0 Å². The number of hydrogen-bond donors (Lipinski definition) is 1. The SMILES string of the molecule is CC1Cc2ccccc2N1c1ccc([C@@H](C)O)nc1. The lowest BCUT2D eigenvalue weighted by Gasteiger charge is -2.25. The van der Waals surface area contributed by atoms with Crippen molar-refractivity contribution in [1.29, 1.82) is 0 Å². The highest BCUT2D eigenvalue weighted by Gasteiger charge is 2.26. The van der Waals surface area contributed by atoms with Crippen LogP contribution in [0.4, 0.5) is 11.4 Å². The minimum absolute atomic E-state index is 0.441. The third-order valence-corrected chi connectivity index (χ3v) is 3.68. The summed E-state index contributed by atoms with van der Waals surface area (Å²) >= 11 is 0. The molecule has 19 heavy (non-hydrogen) atoms. The van der Waals surface area contributed by atoms with Crippen LogP contribution in [0.15, 0.2) is 42.6 Å². The molecule has 0 spiro atoms. The molecule has 3 rings (SSSR count). The number of pyridine rings is 1. The summed E-state index contributed by atoms with van der Waals surface area (Å²) in [6.45, 7) is 3.96. The van der Waals surface area contributed by atoms with Gasteiger partial charge in [-0.25, -0.2) is 0 Å². The van der Waals surface area contributed by atoms with Crippen molar-refractivity contribution in [3.63, 3.8) is 0 Å². The van der Waals surface area contributed by atoms with Crippen LogP contribution in [0.25, 0.3) is 0 Å². The predicted molar refractivity (Wildman–Crippen MR) is 76.6 cm³/mol. The standard InChI is InChI=1S/C16H18N2O/c1-11-9-13-5-3-4-6-16(13)18(11)14-7-8-15(12(2)19)17-10-14/h3-8,10-12,19H,9H2,1-2H3/t11?,12-/m1/s1. The molecule has 0 bridgehead atoms. The van der Waals surface area contributed by atoms with Gasteiger partial charge < -0.3 is 10.0 Å². The summed E-state index contributed by atoms with van der Waals surface area (Å²) in [4.78, 5) is 6.65. The Hall–Kier alpha value is -1.87. The normalized spacial score (nSPS) is 19.3. The number of nitrogens with zero attached hydrogens (tertiary/aromatic N) is 2. The van der Waals surface area contributed by atoms with Gasteiger partial charge in [0.05, 0.1) is 23.7 Å². The fourth-order valence-corrected chi connectivity index (χ4v) is 2.75. The van der Waals surface area contributed by atoms with Gasteiger partial charge in [0.25, 0.3) is 0 Å². The molecule has 3 nitrogen and oxygen atoms in total. The summed E-state index contributed by atoms with van der Waals surface area (Å²) in [6.07, 6.45) is 2.40. The van der Waals surface area contributed by atoms with Gasteiger partial charge in [-0.1, -0.05) is 18.2 Å². The smallest absolute Gasteiger partial charge is 0.0931 e. The summed E-state index contributed by atoms with van der Waals surface area (Å²) in [5, 5.41) is 9.51. The van der Waals surface area contributed by atoms with E-state index in [0.29, 0.717) is 11.7 Å². The van der Waals surface area contributed by atoms with Gasteiger partial charge in [0, 0.05) is 11.7 Å². The van der Waals surface area contributed by atoms with Crippen molar-refractivity contribution < 1.29 is 5.11 Å². The molecule has 2 heterocycles. The Bertz CT molecular complexity index is 578. The molecule has 0 saturated carbocycles. The lowest BCUT2D eigenvalue weighted by molar-refractivity contribution is 0.194. The number of aliphatic hydroxyl groups is 1. The molecule has 0 saturated heterocycles. The van der Waals surface area contributed by atoms with Crippen LogP contribution in [0.1, 0.15) is 31.2 Å². The molecule has 98 valence electrons. The average Bonchev–Trinajstić information content (AvgIpc) is 2.74. The van der Waals surface area contributed by atoms with Crippen molar-refractivity contribution in [2.45, 2.75) is 32.4 Å². The Kier molecular flexibility index (Phi) is 2.99. The molecule has 1 aromatic heterocycles. The van der Waals surface area contributed by atoms with Gasteiger partial charge in [-0.15, -0.1) is 0 Å². The van der Waals surface area contributed by atoms with Crippen molar-refractivity contribution in [2.75, 3.05) is 4.90 Å². The highest BCUT2D eigenvalue weighted by atomic mass is 16.3. The maximum atomic E-state index is 9.51. The zero-order valence-corrected chi connectivity index (χ0v) is 11.2. The van der Waals surface area contributed by atoms with E-state index in [4.69, 9.17) is 0 Å². The van der Waals surface area contributed by atoms with E-state index >= 15 is 0 Å². The molecule has 0 fully saturated rings. The second kappa shape index (κ2) is 4.67. The van der Waals surface area contributed by atoms with Crippen molar-refractivity contribution in [1.82, 2.24) is 4.98 Å². The van der Waals surface area contributed by atoms with Gasteiger partial charge in [-0.2, -0.15) is 0 Å². The van der Waals surface area contributed by atoms with Crippen LogP contribution in [0, 0.1) is 0 Å². The highest BCUT2D eigenvalue weighted by Crippen LogP contribution is 2.37. The van der Waals surface area contributed by atoms with Crippen LogP contribution in [-0.4, -0.2) is 16.1 Å². The number of benzene rings is 1. The zero-order valence-electron chi connectivity index (χ0n) is 11.2. The van der Waals surface area contributed by atoms with Crippen LogP contribution >= 0.6 is 0 Å². The third-order valence-electron chi connectivity index (χ3n) is 3.68. The van der Waals surface area contributed by atoms with Crippen molar-refractivity contribution >= 4 is 11.4 Å². The Morgan fingerprint density at radius 3 is 2.74 bits per heavy atom. The van der Waals surface area contributed by atoms with Crippen LogP contribution in [0.2, 0.25) is 0 Å². The molecule has 3 heteroatoms. The summed E-state index contributed by atoms with van der Waals surface area (Å²) in [6, 6.07) is 12.9. The van der Waals surface area contributed by atoms with E-state index in [1.54, 1.807) is 6.92 Å². The Balaban J connectivity index is 1.98. The van der Waals surface area contributed by atoms with E-state index in [2.05, 4.69) is 41.1 Å². The van der Waals surface area contributed by atoms with E-state index in [0.717, 1.165) is 12.1 Å². The third kappa shape index (κ3) is 2.10. The van der Waals surface area contributed by atoms with Crippen LogP contribution in [-0.2, 0) is 6.42 Å². The number of anilines is 2. The molecule has 2 aromatic rings. The molecule has 1 N–H and O–H groups in total. The largest absolute Gasteiger partial charge is 0.387 e. The number of rotatable bonds is 2. The highest BCUT2D eigenvalue weighted by molar-refractivity contribution is 5.70. The number of hydrogen-bond acceptors (Lipinski definition) is 3. The Morgan fingerprint density at radius 1 is 1.26 bits per heavy atom. The van der Waals surface area contributed by atoms with Crippen LogP contribution < -0.4 is 4.90 Å². The molecule has 1 aliphatic heterocycles. The molecular formula is C16H18N2O. The maximum Gasteiger partial charge on any atom is 0.0931 e. The fraction of sp³-hybridized carbons (Fsp3) is 0.312. The molecular weight excluding hydrogens is 236 g/mol. The molecule has 1 unspecified atom stereocenters. The van der Waals surface area contributed by atoms with Gasteiger partial charge in [-0.05, 0) is 44.0 Å². The van der Waals surface area contributed by atoms with Crippen molar-refractivity contribution in [2.24, 2.45) is 0 Å². The molecule has 1 aliphatic rings. The fourth-order valence-electron chi connectivity index (χ4n) is 2.75. The summed E-state index contributed by atoms with van der Waals surface area (Å²) < 4.78 is 0. The molecule has 0 radical (unpaired) electrons. The number of fused-ring (bicyclic) bond motifs is 1. The van der Waals surface area contributed by atoms with Gasteiger partial charge in [0.1, 0.15) is 0 Å². The van der Waals surface area contributed by atoms with E-state index in [1.807, 2.05) is 18.3 Å². The number of aromatic nitrogens is 1. The second-order valence-electron chi connectivity index (χ2n) is 5.17. The summed E-state index contributed by atoms with van der Waals surface area (Å²) in [5.74, 6) is 0. The molecule has 0 aliphatic carbocycles. The van der Waals surface area contributed by atoms with Gasteiger partial charge in [0.2, 0.25) is 0 Å². The monoisotopic (exact) mass is 254 g/mol. The first-order chi connectivity index (χ1) is 9.16. The van der Waals surface area contributed by atoms with Gasteiger partial charge in [0.15, 0.2) is 0 Å². The average molecular weight is 254 g/mol. The van der Waals surface area contributed by atoms with Gasteiger partial charge >= 0.3 is 0 Å². The van der Waals surface area contributed by atoms with E-state index in [9.17, 15) is 5.11 Å². The van der Waals surface area contributed by atoms with Crippen LogP contribution in [0.3, 0.4) is 0 Å². The lowest BCUT2D eigenvalue weighted by atomic mass is 10.1. The maximum absolute atomic E-state index is 9.51. The first kappa shape index (κ1) is 12.2. The van der Waals surface area contributed by atoms with Crippen molar-refractivity contribution in [3.05, 3.63) is 53.9 Å². The first-order valence-electron chi connectivity index (χ1n) is 6.68. The zero-order chi connectivity index (χ0) is 13.4. The molecule has 0 amide bonds. The predicted octanol–water partition coefficient (Wildman–Crippen LogP) is 3.22. The minimum atomic E-state index is -0.516. The van der Waals surface area contributed by atoms with E-state index in [1.165, 1.54) is 11.3 Å².